The van der Waals surface area contributed by atoms with E-state index in [0.717, 1.165) is 31.4 Å². The molecule has 3 fully saturated rings. The van der Waals surface area contributed by atoms with Gasteiger partial charge in [0.05, 0.1) is 10.9 Å². The highest BCUT2D eigenvalue weighted by Gasteiger charge is 2.37. The zero-order chi connectivity index (χ0) is 15.1. The van der Waals surface area contributed by atoms with Gasteiger partial charge >= 0.3 is 0 Å². The highest BCUT2D eigenvalue weighted by atomic mass is 32.2. The molecule has 2 aliphatic carbocycles. The van der Waals surface area contributed by atoms with Gasteiger partial charge in [0.15, 0.2) is 5.16 Å². The Hall–Kier alpha value is -1.30. The maximum absolute atomic E-state index is 12.3. The Bertz CT molecular complexity index is 641. The molecule has 4 rings (SSSR count). The summed E-state index contributed by atoms with van der Waals surface area (Å²) in [6.45, 7) is 0. The van der Waals surface area contributed by atoms with Gasteiger partial charge in [0.25, 0.3) is 5.56 Å². The van der Waals surface area contributed by atoms with Crippen LogP contribution in [-0.2, 0) is 4.79 Å². The Balaban J connectivity index is 1.50. The molecule has 3 unspecified atom stereocenters. The number of rotatable bonds is 3. The van der Waals surface area contributed by atoms with Gasteiger partial charge in [-0.25, -0.2) is 4.98 Å². The average Bonchev–Trinajstić information content (AvgIpc) is 3.32. The molecule has 2 saturated carbocycles. The van der Waals surface area contributed by atoms with Crippen molar-refractivity contribution in [1.82, 2.24) is 15.3 Å². The lowest BCUT2D eigenvalue weighted by atomic mass is 9.79. The first-order chi connectivity index (χ1) is 10.7. The third kappa shape index (κ3) is 2.93. The minimum atomic E-state index is -0.128. The van der Waals surface area contributed by atoms with Crippen molar-refractivity contribution >= 4 is 17.7 Å². The zero-order valence-electron chi connectivity index (χ0n) is 12.5. The molecule has 1 aromatic heterocycles. The van der Waals surface area contributed by atoms with Gasteiger partial charge in [0, 0.05) is 18.0 Å². The lowest BCUT2D eigenvalue weighted by molar-refractivity contribution is -0.124. The molecule has 0 spiro atoms. The molecular formula is C16H21N3O2S. The van der Waals surface area contributed by atoms with Gasteiger partial charge in [0.1, 0.15) is 0 Å². The van der Waals surface area contributed by atoms with E-state index in [4.69, 9.17) is 0 Å². The van der Waals surface area contributed by atoms with Crippen LogP contribution < -0.4 is 10.9 Å². The number of nitrogens with one attached hydrogen (secondary N) is 2. The molecule has 2 N–H and O–H groups in total. The molecule has 3 atom stereocenters. The Morgan fingerprint density at radius 1 is 1.14 bits per heavy atom. The van der Waals surface area contributed by atoms with E-state index in [-0.39, 0.29) is 16.7 Å². The number of thioether (sulfide) groups is 1. The third-order valence-electron chi connectivity index (χ3n) is 5.04. The molecular weight excluding hydrogens is 298 g/mol. The topological polar surface area (TPSA) is 74.8 Å². The number of piperidine rings is 1. The maximum Gasteiger partial charge on any atom is 0.251 e. The monoisotopic (exact) mass is 319 g/mol. The Labute approximate surface area is 133 Å². The number of hydrogen-bond donors (Lipinski definition) is 2. The Morgan fingerprint density at radius 2 is 1.95 bits per heavy atom. The van der Waals surface area contributed by atoms with Crippen molar-refractivity contribution in [3.63, 3.8) is 0 Å². The first-order valence-corrected chi connectivity index (χ1v) is 9.15. The zero-order valence-corrected chi connectivity index (χ0v) is 13.3. The number of aromatic amines is 1. The van der Waals surface area contributed by atoms with Crippen molar-refractivity contribution in [2.45, 2.75) is 67.3 Å². The molecule has 2 heterocycles. The highest BCUT2D eigenvalue weighted by Crippen LogP contribution is 2.40. The average molecular weight is 319 g/mol. The van der Waals surface area contributed by atoms with Crippen molar-refractivity contribution < 1.29 is 4.79 Å². The number of carbonyl (C=O) groups is 1. The van der Waals surface area contributed by atoms with Gasteiger partial charge < -0.3 is 10.3 Å². The fourth-order valence-corrected chi connectivity index (χ4v) is 4.78. The van der Waals surface area contributed by atoms with Crippen LogP contribution in [0, 0.1) is 5.92 Å². The van der Waals surface area contributed by atoms with Gasteiger partial charge in [-0.3, -0.25) is 9.59 Å². The van der Waals surface area contributed by atoms with Crippen LogP contribution in [0.5, 0.6) is 0 Å². The number of amides is 1. The molecule has 3 aliphatic rings. The van der Waals surface area contributed by atoms with E-state index >= 15 is 0 Å². The molecule has 1 saturated heterocycles. The summed E-state index contributed by atoms with van der Waals surface area (Å²) < 4.78 is 0. The van der Waals surface area contributed by atoms with E-state index in [1.165, 1.54) is 31.0 Å². The summed E-state index contributed by atoms with van der Waals surface area (Å²) in [5.74, 6) is 1.14. The molecule has 0 radical (unpaired) electrons. The quantitative estimate of drug-likeness (QED) is 0.838. The van der Waals surface area contributed by atoms with Crippen molar-refractivity contribution in [3.05, 3.63) is 22.1 Å². The van der Waals surface area contributed by atoms with Gasteiger partial charge in [-0.15, -0.1) is 0 Å². The molecule has 22 heavy (non-hydrogen) atoms. The number of carbonyl (C=O) groups excluding carboxylic acids is 1. The van der Waals surface area contributed by atoms with E-state index < -0.39 is 0 Å². The number of fused-ring (bicyclic) bond motifs is 1. The molecule has 118 valence electrons. The van der Waals surface area contributed by atoms with Crippen molar-refractivity contribution in [3.8, 4) is 0 Å². The van der Waals surface area contributed by atoms with Crippen LogP contribution in [0.3, 0.4) is 0 Å². The van der Waals surface area contributed by atoms with Crippen LogP contribution >= 0.6 is 11.8 Å². The minimum absolute atomic E-state index is 0.104. The molecule has 1 amide bonds. The third-order valence-corrected chi connectivity index (χ3v) is 6.14. The standard InChI is InChI=1S/C16H21N3O2S/c20-14-8-12(9-5-6-9)18-16(19-14)22-13-7-10-3-1-2-4-11(10)17-15(13)21/h8-11,13H,1-7H2,(H,17,21)(H,18,19,20). The molecule has 0 aromatic carbocycles. The van der Waals surface area contributed by atoms with Crippen LogP contribution in [0.1, 0.15) is 56.6 Å². The van der Waals surface area contributed by atoms with Gasteiger partial charge in [-0.05, 0) is 38.0 Å². The van der Waals surface area contributed by atoms with Crippen LogP contribution in [-0.4, -0.2) is 27.2 Å². The summed E-state index contributed by atoms with van der Waals surface area (Å²) in [5, 5.41) is 3.65. The molecule has 1 aromatic rings. The Kier molecular flexibility index (Phi) is 3.72. The molecule has 0 bridgehead atoms. The first kappa shape index (κ1) is 14.3. The fourth-order valence-electron chi connectivity index (χ4n) is 3.67. The number of hydrogen-bond acceptors (Lipinski definition) is 4. The number of aromatic nitrogens is 2. The first-order valence-electron chi connectivity index (χ1n) is 8.27. The SMILES string of the molecule is O=C1NC2CCCCC2CC1Sc1nc(C2CC2)cc(=O)[nH]1. The van der Waals surface area contributed by atoms with Crippen LogP contribution in [0.4, 0.5) is 0 Å². The second-order valence-corrected chi connectivity index (χ2v) is 7.94. The summed E-state index contributed by atoms with van der Waals surface area (Å²) >= 11 is 1.42. The lowest BCUT2D eigenvalue weighted by Crippen LogP contribution is -2.51. The van der Waals surface area contributed by atoms with Crippen molar-refractivity contribution in [2.24, 2.45) is 5.92 Å². The summed E-state index contributed by atoms with van der Waals surface area (Å²) in [5.41, 5.74) is 0.782. The smallest absolute Gasteiger partial charge is 0.251 e. The normalized spacial score (nSPS) is 31.5. The van der Waals surface area contributed by atoms with E-state index in [1.807, 2.05) is 0 Å². The van der Waals surface area contributed by atoms with E-state index in [2.05, 4.69) is 15.3 Å². The summed E-state index contributed by atoms with van der Waals surface area (Å²) in [6, 6.07) is 1.96. The molecule has 1 aliphatic heterocycles. The number of H-pyrrole nitrogens is 1. The summed E-state index contributed by atoms with van der Waals surface area (Å²) in [6.07, 6.45) is 7.94. The number of nitrogens with zero attached hydrogens (tertiary/aromatic N) is 1. The van der Waals surface area contributed by atoms with Gasteiger partial charge in [0.2, 0.25) is 5.91 Å². The fraction of sp³-hybridized carbons (Fsp3) is 0.688. The minimum Gasteiger partial charge on any atom is -0.352 e. The van der Waals surface area contributed by atoms with Crippen molar-refractivity contribution in [1.29, 1.82) is 0 Å². The van der Waals surface area contributed by atoms with E-state index in [9.17, 15) is 9.59 Å². The van der Waals surface area contributed by atoms with Gasteiger partial charge in [-0.1, -0.05) is 24.6 Å². The molecule has 6 heteroatoms. The van der Waals surface area contributed by atoms with Crippen LogP contribution in [0.2, 0.25) is 0 Å². The molecule has 5 nitrogen and oxygen atoms in total. The summed E-state index contributed by atoms with van der Waals surface area (Å²) in [4.78, 5) is 31.4. The largest absolute Gasteiger partial charge is 0.352 e. The van der Waals surface area contributed by atoms with Crippen LogP contribution in [0.15, 0.2) is 16.0 Å². The predicted molar refractivity (Wildman–Crippen MR) is 85.0 cm³/mol. The van der Waals surface area contributed by atoms with Crippen LogP contribution in [0.25, 0.3) is 0 Å². The van der Waals surface area contributed by atoms with Crippen molar-refractivity contribution in [2.75, 3.05) is 0 Å². The van der Waals surface area contributed by atoms with Gasteiger partial charge in [-0.2, -0.15) is 0 Å². The second kappa shape index (κ2) is 5.72. The lowest BCUT2D eigenvalue weighted by Gasteiger charge is -2.39. The highest BCUT2D eigenvalue weighted by molar-refractivity contribution is 8.00. The Morgan fingerprint density at radius 3 is 2.77 bits per heavy atom. The predicted octanol–water partition coefficient (Wildman–Crippen LogP) is 2.19. The van der Waals surface area contributed by atoms with E-state index in [1.54, 1.807) is 6.07 Å². The second-order valence-electron chi connectivity index (χ2n) is 6.75. The summed E-state index contributed by atoms with van der Waals surface area (Å²) in [7, 11) is 0. The maximum atomic E-state index is 12.3. The van der Waals surface area contributed by atoms with E-state index in [0.29, 0.717) is 23.0 Å².